The molecule has 0 unspecified atom stereocenters. The summed E-state index contributed by atoms with van der Waals surface area (Å²) in [6, 6.07) is 17.2. The molecule has 0 saturated carbocycles. The highest BCUT2D eigenvalue weighted by molar-refractivity contribution is 7.80. The number of hydrogen-bond acceptors (Lipinski definition) is 6. The van der Waals surface area contributed by atoms with Crippen molar-refractivity contribution in [2.45, 2.75) is 63.3 Å². The van der Waals surface area contributed by atoms with E-state index < -0.39 is 5.54 Å². The molecule has 0 bridgehead atoms. The third kappa shape index (κ3) is 4.82. The first kappa shape index (κ1) is 27.5. The van der Waals surface area contributed by atoms with Crippen LogP contribution in [0.3, 0.4) is 0 Å². The maximum absolute atomic E-state index is 15.4. The fourth-order valence-electron chi connectivity index (χ4n) is 7.86. The van der Waals surface area contributed by atoms with Crippen molar-refractivity contribution in [1.82, 2.24) is 29.6 Å². The van der Waals surface area contributed by atoms with E-state index in [0.717, 1.165) is 57.1 Å². The lowest BCUT2D eigenvalue weighted by molar-refractivity contribution is -0.174. The number of piperidine rings is 3. The van der Waals surface area contributed by atoms with Gasteiger partial charge >= 0.3 is 0 Å². The number of likely N-dealkylation sites (tertiary alicyclic amines) is 3. The van der Waals surface area contributed by atoms with Gasteiger partial charge in [-0.2, -0.15) is 5.01 Å². The van der Waals surface area contributed by atoms with Gasteiger partial charge in [-0.3, -0.25) is 29.4 Å². The number of carbonyl (C=O) groups is 1. The minimum absolute atomic E-state index is 0.109. The molecule has 0 N–H and O–H groups in total. The second kappa shape index (κ2) is 11.7. The molecule has 8 heteroatoms. The van der Waals surface area contributed by atoms with Gasteiger partial charge in [0.05, 0.1) is 20.0 Å². The van der Waals surface area contributed by atoms with Crippen LogP contribution in [0.15, 0.2) is 48.5 Å². The summed E-state index contributed by atoms with van der Waals surface area (Å²) < 4.78 is 0. The molecule has 41 heavy (non-hydrogen) atoms. The average Bonchev–Trinajstić information content (AvgIpc) is 3.33. The maximum Gasteiger partial charge on any atom is 0.261 e. The normalized spacial score (nSPS) is 24.2. The quantitative estimate of drug-likeness (QED) is 0.457. The Morgan fingerprint density at radius 1 is 0.585 bits per heavy atom. The van der Waals surface area contributed by atoms with Crippen LogP contribution in [-0.4, -0.2) is 99.9 Å². The standard InChI is InChI=1S/C33H44N6OS/c40-31-33(29-16-6-4-14-27(29)28-15-5-7-17-30(28)33)39(26-36-22-12-3-13-23-36)38(25-35-20-10-2-11-21-35)32(41)37(31)24-34-18-8-1-9-19-34/h4-7,14-17H,1-3,8-13,18-26H2. The van der Waals surface area contributed by atoms with Crippen molar-refractivity contribution in [3.63, 3.8) is 0 Å². The lowest BCUT2D eigenvalue weighted by Crippen LogP contribution is -2.75. The van der Waals surface area contributed by atoms with Gasteiger partial charge in [0.2, 0.25) is 0 Å². The Morgan fingerprint density at radius 2 is 1.02 bits per heavy atom. The van der Waals surface area contributed by atoms with Crippen LogP contribution in [0.25, 0.3) is 11.1 Å². The number of nitrogens with zero attached hydrogens (tertiary/aromatic N) is 6. The minimum Gasteiger partial charge on any atom is -0.289 e. The first-order chi connectivity index (χ1) is 20.2. The lowest BCUT2D eigenvalue weighted by Gasteiger charge is -2.57. The Morgan fingerprint density at radius 3 is 1.54 bits per heavy atom. The fourth-order valence-corrected chi connectivity index (χ4v) is 8.16. The Balaban J connectivity index is 1.39. The monoisotopic (exact) mass is 572 g/mol. The van der Waals surface area contributed by atoms with Crippen molar-refractivity contribution in [2.75, 3.05) is 59.3 Å². The highest BCUT2D eigenvalue weighted by Gasteiger charge is 2.61. The van der Waals surface area contributed by atoms with E-state index in [1.54, 1.807) is 0 Å². The number of hydrogen-bond donors (Lipinski definition) is 0. The molecule has 4 aliphatic heterocycles. The van der Waals surface area contributed by atoms with Gasteiger partial charge in [0, 0.05) is 0 Å². The summed E-state index contributed by atoms with van der Waals surface area (Å²) in [5, 5.41) is 5.39. The SMILES string of the molecule is O=C1N(CN2CCCCC2)C(=S)N(CN2CCCCC2)N(CN2CCCCC2)C12c1ccccc1-c1ccccc12. The van der Waals surface area contributed by atoms with E-state index in [-0.39, 0.29) is 5.91 Å². The zero-order chi connectivity index (χ0) is 27.8. The Labute approximate surface area is 250 Å². The summed E-state index contributed by atoms with van der Waals surface area (Å²) in [7, 11) is 0. The van der Waals surface area contributed by atoms with Gasteiger partial charge in [-0.25, -0.2) is 0 Å². The molecule has 218 valence electrons. The summed E-state index contributed by atoms with van der Waals surface area (Å²) in [5.74, 6) is 0.109. The number of benzene rings is 2. The van der Waals surface area contributed by atoms with Gasteiger partial charge in [0.1, 0.15) is 0 Å². The second-order valence-corrected chi connectivity index (χ2v) is 12.9. The molecule has 0 atom stereocenters. The molecule has 0 radical (unpaired) electrons. The van der Waals surface area contributed by atoms with E-state index in [0.29, 0.717) is 18.4 Å². The molecule has 4 saturated heterocycles. The molecule has 1 amide bonds. The van der Waals surface area contributed by atoms with Crippen LogP contribution in [0, 0.1) is 0 Å². The van der Waals surface area contributed by atoms with E-state index in [4.69, 9.17) is 12.2 Å². The molecule has 7 rings (SSSR count). The van der Waals surface area contributed by atoms with Gasteiger partial charge in [-0.05, 0) is 112 Å². The highest BCUT2D eigenvalue weighted by atomic mass is 32.1. The Hall–Kier alpha value is -2.36. The first-order valence-electron chi connectivity index (χ1n) is 16.0. The second-order valence-electron chi connectivity index (χ2n) is 12.6. The van der Waals surface area contributed by atoms with E-state index in [1.165, 1.54) is 68.9 Å². The van der Waals surface area contributed by atoms with Crippen molar-refractivity contribution in [3.8, 4) is 11.1 Å². The van der Waals surface area contributed by atoms with Crippen molar-refractivity contribution < 1.29 is 4.79 Å². The number of fused-ring (bicyclic) bond motifs is 5. The van der Waals surface area contributed by atoms with Crippen LogP contribution >= 0.6 is 12.2 Å². The van der Waals surface area contributed by atoms with Crippen LogP contribution in [-0.2, 0) is 10.3 Å². The van der Waals surface area contributed by atoms with E-state index in [9.17, 15) is 0 Å². The third-order valence-electron chi connectivity index (χ3n) is 9.96. The molecular formula is C33H44N6OS. The van der Waals surface area contributed by atoms with E-state index in [1.807, 2.05) is 4.90 Å². The Bertz CT molecular complexity index is 1220. The largest absolute Gasteiger partial charge is 0.289 e. The molecule has 4 fully saturated rings. The van der Waals surface area contributed by atoms with E-state index >= 15 is 4.79 Å². The highest BCUT2D eigenvalue weighted by Crippen LogP contribution is 2.54. The van der Waals surface area contributed by atoms with Crippen LogP contribution in [0.2, 0.25) is 0 Å². The molecular weight excluding hydrogens is 528 g/mol. The van der Waals surface area contributed by atoms with E-state index in [2.05, 4.69) is 73.2 Å². The number of amides is 1. The van der Waals surface area contributed by atoms with Crippen LogP contribution in [0.4, 0.5) is 0 Å². The zero-order valence-electron chi connectivity index (χ0n) is 24.3. The molecule has 5 aliphatic rings. The maximum atomic E-state index is 15.4. The number of rotatable bonds is 6. The molecule has 2 aromatic carbocycles. The number of carbonyl (C=O) groups excluding carboxylic acids is 1. The molecule has 7 nitrogen and oxygen atoms in total. The molecule has 4 heterocycles. The number of hydrazine groups is 1. The predicted molar refractivity (Wildman–Crippen MR) is 167 cm³/mol. The molecule has 1 aliphatic carbocycles. The van der Waals surface area contributed by atoms with Crippen molar-refractivity contribution >= 4 is 23.2 Å². The van der Waals surface area contributed by atoms with Crippen LogP contribution in [0.1, 0.15) is 68.9 Å². The zero-order valence-corrected chi connectivity index (χ0v) is 25.2. The van der Waals surface area contributed by atoms with Gasteiger partial charge in [-0.1, -0.05) is 67.8 Å². The third-order valence-corrected chi connectivity index (χ3v) is 10.4. The minimum atomic E-state index is -0.946. The number of thiocarbonyl (C=S) groups is 1. The molecule has 1 spiro atoms. The summed E-state index contributed by atoms with van der Waals surface area (Å²) >= 11 is 6.34. The van der Waals surface area contributed by atoms with Gasteiger partial charge in [0.25, 0.3) is 5.91 Å². The molecule has 0 aromatic heterocycles. The van der Waals surface area contributed by atoms with Crippen LogP contribution in [0.5, 0.6) is 0 Å². The first-order valence-corrected chi connectivity index (χ1v) is 16.4. The van der Waals surface area contributed by atoms with Crippen molar-refractivity contribution in [2.24, 2.45) is 0 Å². The summed E-state index contributed by atoms with van der Waals surface area (Å²) in [6.07, 6.45) is 11.1. The molecule has 2 aromatic rings. The van der Waals surface area contributed by atoms with Crippen molar-refractivity contribution in [3.05, 3.63) is 59.7 Å². The summed E-state index contributed by atoms with van der Waals surface area (Å²) in [4.78, 5) is 24.9. The summed E-state index contributed by atoms with van der Waals surface area (Å²) in [5.41, 5.74) is 3.59. The Kier molecular flexibility index (Phi) is 7.86. The van der Waals surface area contributed by atoms with Crippen molar-refractivity contribution in [1.29, 1.82) is 0 Å². The smallest absolute Gasteiger partial charge is 0.261 e. The lowest BCUT2D eigenvalue weighted by atomic mass is 9.84. The van der Waals surface area contributed by atoms with Gasteiger partial charge < -0.3 is 0 Å². The topological polar surface area (TPSA) is 36.5 Å². The predicted octanol–water partition coefficient (Wildman–Crippen LogP) is 4.89. The fraction of sp³-hybridized carbons (Fsp3) is 0.576. The van der Waals surface area contributed by atoms with Crippen LogP contribution < -0.4 is 0 Å². The van der Waals surface area contributed by atoms with Gasteiger partial charge in [0.15, 0.2) is 10.7 Å². The van der Waals surface area contributed by atoms with Gasteiger partial charge in [-0.15, -0.1) is 0 Å². The summed E-state index contributed by atoms with van der Waals surface area (Å²) in [6.45, 7) is 8.32. The average molecular weight is 573 g/mol.